The summed E-state index contributed by atoms with van der Waals surface area (Å²) in [6.07, 6.45) is 0.624. The van der Waals surface area contributed by atoms with Gasteiger partial charge in [-0.15, -0.1) is 5.10 Å². The molecule has 6 N–H and O–H groups in total. The number of carbonyl (C=O) groups is 1. The largest absolute Gasteiger partial charge is 0.481 e. The van der Waals surface area contributed by atoms with E-state index >= 15 is 0 Å². The fourth-order valence-electron chi connectivity index (χ4n) is 0.466. The van der Waals surface area contributed by atoms with Gasteiger partial charge in [-0.3, -0.25) is 4.79 Å². The lowest BCUT2D eigenvalue weighted by Gasteiger charge is -1.97. The number of rotatable bonds is 5. The predicted molar refractivity (Wildman–Crippen MR) is 40.7 cm³/mol. The second-order valence-electron chi connectivity index (χ2n) is 1.94. The van der Waals surface area contributed by atoms with E-state index in [0.29, 0.717) is 13.0 Å². The van der Waals surface area contributed by atoms with Gasteiger partial charge < -0.3 is 22.0 Å². The molecular weight excluding hydrogens is 148 g/mol. The molecule has 0 aliphatic carbocycles. The van der Waals surface area contributed by atoms with Crippen LogP contribution in [0.25, 0.3) is 0 Å². The molecule has 0 saturated carbocycles. The van der Waals surface area contributed by atoms with Crippen molar-refractivity contribution in [1.82, 2.24) is 5.43 Å². The molecule has 0 atom stereocenters. The molecule has 0 aliphatic heterocycles. The number of nitrogens with two attached hydrogens (primary N) is 2. The van der Waals surface area contributed by atoms with Gasteiger partial charge in [0.15, 0.2) is 0 Å². The molecule has 0 saturated heterocycles. The summed E-state index contributed by atoms with van der Waals surface area (Å²) < 4.78 is 0. The van der Waals surface area contributed by atoms with Crippen LogP contribution in [0.2, 0.25) is 0 Å². The summed E-state index contributed by atoms with van der Waals surface area (Å²) in [6, 6.07) is 0. The average Bonchev–Trinajstić information content (AvgIpc) is 1.85. The molecule has 0 heterocycles. The van der Waals surface area contributed by atoms with Crippen LogP contribution in [0, 0.1) is 0 Å². The van der Waals surface area contributed by atoms with E-state index in [0.717, 1.165) is 0 Å². The second-order valence-corrected chi connectivity index (χ2v) is 1.94. The van der Waals surface area contributed by atoms with Crippen molar-refractivity contribution in [3.63, 3.8) is 0 Å². The van der Waals surface area contributed by atoms with Crippen LogP contribution in [0.15, 0.2) is 5.10 Å². The Morgan fingerprint density at radius 1 is 1.55 bits per heavy atom. The minimum absolute atomic E-state index is 0.0553. The van der Waals surface area contributed by atoms with Crippen molar-refractivity contribution in [2.45, 2.75) is 12.8 Å². The summed E-state index contributed by atoms with van der Waals surface area (Å²) >= 11 is 0. The minimum Gasteiger partial charge on any atom is -0.481 e. The first kappa shape index (κ1) is 9.54. The normalized spacial score (nSPS) is 8.73. The SMILES string of the molecule is NC(N)=NNCCCC(=O)O. The number of hydrogen-bond acceptors (Lipinski definition) is 3. The van der Waals surface area contributed by atoms with E-state index in [4.69, 9.17) is 16.6 Å². The zero-order chi connectivity index (χ0) is 8.69. The Kier molecular flexibility index (Phi) is 4.63. The van der Waals surface area contributed by atoms with Gasteiger partial charge in [0.1, 0.15) is 0 Å². The summed E-state index contributed by atoms with van der Waals surface area (Å²) in [5, 5.41) is 11.7. The number of carboxylic acid groups (broad SMARTS) is 1. The van der Waals surface area contributed by atoms with Gasteiger partial charge in [0, 0.05) is 13.0 Å². The Hall–Kier alpha value is -1.46. The molecule has 11 heavy (non-hydrogen) atoms. The molecule has 0 aromatic rings. The van der Waals surface area contributed by atoms with E-state index in [-0.39, 0.29) is 12.4 Å². The number of guanidine groups is 1. The Balaban J connectivity index is 3.15. The van der Waals surface area contributed by atoms with Crippen molar-refractivity contribution in [3.8, 4) is 0 Å². The highest BCUT2D eigenvalue weighted by Crippen LogP contribution is 1.84. The molecule has 0 fully saturated rings. The fraction of sp³-hybridized carbons (Fsp3) is 0.600. The molecule has 0 aliphatic rings. The number of aliphatic carboxylic acids is 1. The van der Waals surface area contributed by atoms with Crippen LogP contribution in [0.1, 0.15) is 12.8 Å². The molecule has 0 bridgehead atoms. The van der Waals surface area contributed by atoms with E-state index in [1.807, 2.05) is 0 Å². The molecule has 0 radical (unpaired) electrons. The summed E-state index contributed by atoms with van der Waals surface area (Å²) in [7, 11) is 0. The van der Waals surface area contributed by atoms with Crippen LogP contribution >= 0.6 is 0 Å². The third-order valence-corrected chi connectivity index (χ3v) is 0.887. The monoisotopic (exact) mass is 160 g/mol. The molecule has 0 amide bonds. The van der Waals surface area contributed by atoms with E-state index in [1.165, 1.54) is 0 Å². The second kappa shape index (κ2) is 5.33. The zero-order valence-corrected chi connectivity index (χ0v) is 6.08. The lowest BCUT2D eigenvalue weighted by Crippen LogP contribution is -2.26. The van der Waals surface area contributed by atoms with Crippen LogP contribution in [0.5, 0.6) is 0 Å². The maximum atomic E-state index is 9.98. The quantitative estimate of drug-likeness (QED) is 0.171. The van der Waals surface area contributed by atoms with Gasteiger partial charge in [0.05, 0.1) is 0 Å². The summed E-state index contributed by atoms with van der Waals surface area (Å²) in [4.78, 5) is 9.98. The van der Waals surface area contributed by atoms with Crippen LogP contribution in [0.3, 0.4) is 0 Å². The number of nitrogens with one attached hydrogen (secondary N) is 1. The molecule has 0 rings (SSSR count). The predicted octanol–water partition coefficient (Wildman–Crippen LogP) is -1.37. The number of carboxylic acids is 1. The highest BCUT2D eigenvalue weighted by molar-refractivity contribution is 5.75. The Bertz CT molecular complexity index is 153. The van der Waals surface area contributed by atoms with E-state index in [2.05, 4.69) is 10.5 Å². The first-order valence-corrected chi connectivity index (χ1v) is 3.16. The van der Waals surface area contributed by atoms with Crippen LogP contribution in [-0.4, -0.2) is 23.6 Å². The molecule has 6 nitrogen and oxygen atoms in total. The molecule has 6 heteroatoms. The van der Waals surface area contributed by atoms with Crippen LogP contribution < -0.4 is 16.9 Å². The van der Waals surface area contributed by atoms with E-state index < -0.39 is 5.97 Å². The van der Waals surface area contributed by atoms with Crippen molar-refractivity contribution in [2.75, 3.05) is 6.54 Å². The smallest absolute Gasteiger partial charge is 0.303 e. The van der Waals surface area contributed by atoms with Gasteiger partial charge in [-0.05, 0) is 6.42 Å². The zero-order valence-electron chi connectivity index (χ0n) is 6.08. The summed E-state index contributed by atoms with van der Waals surface area (Å²) in [5.41, 5.74) is 12.5. The Labute approximate surface area is 64.2 Å². The minimum atomic E-state index is -0.823. The van der Waals surface area contributed by atoms with Gasteiger partial charge in [-0.2, -0.15) is 0 Å². The third kappa shape index (κ3) is 8.54. The van der Waals surface area contributed by atoms with Gasteiger partial charge in [0.2, 0.25) is 5.96 Å². The average molecular weight is 160 g/mol. The lowest BCUT2D eigenvalue weighted by molar-refractivity contribution is -0.137. The number of hydrazone groups is 1. The van der Waals surface area contributed by atoms with Gasteiger partial charge in [-0.1, -0.05) is 0 Å². The van der Waals surface area contributed by atoms with Gasteiger partial charge >= 0.3 is 5.97 Å². The lowest BCUT2D eigenvalue weighted by atomic mass is 10.3. The molecule has 0 aromatic carbocycles. The Morgan fingerprint density at radius 2 is 2.18 bits per heavy atom. The highest BCUT2D eigenvalue weighted by atomic mass is 16.4. The van der Waals surface area contributed by atoms with E-state index in [1.54, 1.807) is 0 Å². The third-order valence-electron chi connectivity index (χ3n) is 0.887. The number of hydrogen-bond donors (Lipinski definition) is 4. The molecule has 64 valence electrons. The first-order chi connectivity index (χ1) is 5.13. The molecule has 0 spiro atoms. The van der Waals surface area contributed by atoms with Crippen molar-refractivity contribution in [2.24, 2.45) is 16.6 Å². The Morgan fingerprint density at radius 3 is 2.64 bits per heavy atom. The standard InChI is InChI=1S/C5H12N4O2/c6-5(7)9-8-3-1-2-4(10)11/h8H,1-3H2,(H,10,11)(H4,6,7,9). The van der Waals surface area contributed by atoms with Gasteiger partial charge in [0.25, 0.3) is 0 Å². The first-order valence-electron chi connectivity index (χ1n) is 3.16. The van der Waals surface area contributed by atoms with Crippen molar-refractivity contribution in [1.29, 1.82) is 0 Å². The molecule has 0 unspecified atom stereocenters. The number of nitrogens with zero attached hydrogens (tertiary/aromatic N) is 1. The summed E-state index contributed by atoms with van der Waals surface area (Å²) in [5.74, 6) is -0.878. The molecular formula is C5H12N4O2. The van der Waals surface area contributed by atoms with Crippen molar-refractivity contribution in [3.05, 3.63) is 0 Å². The van der Waals surface area contributed by atoms with Crippen LogP contribution in [-0.2, 0) is 4.79 Å². The molecule has 0 aromatic heterocycles. The highest BCUT2D eigenvalue weighted by Gasteiger charge is 1.93. The topological polar surface area (TPSA) is 114 Å². The van der Waals surface area contributed by atoms with Crippen LogP contribution in [0.4, 0.5) is 0 Å². The van der Waals surface area contributed by atoms with Crippen molar-refractivity contribution >= 4 is 11.9 Å². The maximum Gasteiger partial charge on any atom is 0.303 e. The van der Waals surface area contributed by atoms with Gasteiger partial charge in [-0.25, -0.2) is 0 Å². The van der Waals surface area contributed by atoms with E-state index in [9.17, 15) is 4.79 Å². The maximum absolute atomic E-state index is 9.98. The van der Waals surface area contributed by atoms with Crippen molar-refractivity contribution < 1.29 is 9.90 Å². The fourth-order valence-corrected chi connectivity index (χ4v) is 0.466. The summed E-state index contributed by atoms with van der Waals surface area (Å²) in [6.45, 7) is 0.463.